The van der Waals surface area contributed by atoms with Gasteiger partial charge in [-0.2, -0.15) is 0 Å². The molecule has 17 heavy (non-hydrogen) atoms. The zero-order chi connectivity index (χ0) is 11.6. The van der Waals surface area contributed by atoms with Gasteiger partial charge in [-0.15, -0.1) is 0 Å². The third kappa shape index (κ3) is 1.39. The maximum Gasteiger partial charge on any atom is 0.0180 e. The lowest BCUT2D eigenvalue weighted by molar-refractivity contribution is 0.242. The van der Waals surface area contributed by atoms with E-state index in [0.717, 1.165) is 23.3 Å². The van der Waals surface area contributed by atoms with Crippen molar-refractivity contribution in [2.45, 2.75) is 69.7 Å². The highest BCUT2D eigenvalue weighted by molar-refractivity contribution is 7.58. The number of allylic oxidation sites excluding steroid dienone is 2. The first-order valence-electron chi connectivity index (χ1n) is 7.49. The lowest BCUT2D eigenvalue weighted by Crippen LogP contribution is -2.36. The van der Waals surface area contributed by atoms with E-state index in [2.05, 4.69) is 18.5 Å². The molecule has 4 aliphatic rings. The van der Waals surface area contributed by atoms with E-state index in [4.69, 9.17) is 0 Å². The molecule has 1 aliphatic carbocycles. The third-order valence-corrected chi connectivity index (χ3v) is 9.56. The van der Waals surface area contributed by atoms with Crippen molar-refractivity contribution >= 4 is 8.07 Å². The van der Waals surface area contributed by atoms with Crippen LogP contribution in [0.3, 0.4) is 0 Å². The third-order valence-electron chi connectivity index (χ3n) is 5.86. The second-order valence-electron chi connectivity index (χ2n) is 6.62. The molecule has 0 aromatic rings. The topological polar surface area (TPSA) is 3.24 Å². The molecule has 4 atom stereocenters. The van der Waals surface area contributed by atoms with Crippen LogP contribution in [0.1, 0.15) is 52.4 Å². The smallest absolute Gasteiger partial charge is 0.0180 e. The predicted octanol–water partition coefficient (Wildman–Crippen LogP) is 4.14. The first kappa shape index (κ1) is 11.0. The standard InChI is InChI=1S/C15H24NP/c1-10-11(2)15-12-8-14(10)17(15)16(9-12)13-6-4-3-5-7-13/h12-15H,3-9H2,1-2H3/t12-,14-,15-,17?/m0/s1. The zero-order valence-corrected chi connectivity index (χ0v) is 12.0. The zero-order valence-electron chi connectivity index (χ0n) is 11.2. The Bertz CT molecular complexity index is 369. The summed E-state index contributed by atoms with van der Waals surface area (Å²) in [6.45, 7) is 6.32. The molecule has 94 valence electrons. The fraction of sp³-hybridized carbons (Fsp3) is 0.867. The van der Waals surface area contributed by atoms with Crippen LogP contribution in [0.4, 0.5) is 0 Å². The van der Waals surface area contributed by atoms with E-state index >= 15 is 0 Å². The second kappa shape index (κ2) is 3.81. The summed E-state index contributed by atoms with van der Waals surface area (Å²) < 4.78 is 3.01. The molecule has 0 aromatic heterocycles. The van der Waals surface area contributed by atoms with E-state index in [1.54, 1.807) is 17.6 Å². The molecule has 0 spiro atoms. The van der Waals surface area contributed by atoms with Gasteiger partial charge in [0.05, 0.1) is 0 Å². The van der Waals surface area contributed by atoms with Crippen LogP contribution in [-0.4, -0.2) is 28.6 Å². The summed E-state index contributed by atoms with van der Waals surface area (Å²) >= 11 is 0. The van der Waals surface area contributed by atoms with E-state index < -0.39 is 0 Å². The highest BCUT2D eigenvalue weighted by atomic mass is 31.1. The Morgan fingerprint density at radius 1 is 1.06 bits per heavy atom. The summed E-state index contributed by atoms with van der Waals surface area (Å²) in [6.07, 6.45) is 9.04. The quantitative estimate of drug-likeness (QED) is 0.498. The van der Waals surface area contributed by atoms with Gasteiger partial charge in [0.2, 0.25) is 0 Å². The summed E-state index contributed by atoms with van der Waals surface area (Å²) in [4.78, 5) is 0. The van der Waals surface area contributed by atoms with Gasteiger partial charge in [0.1, 0.15) is 0 Å². The Morgan fingerprint density at radius 3 is 2.53 bits per heavy atom. The molecule has 0 radical (unpaired) electrons. The molecular formula is C15H24NP. The van der Waals surface area contributed by atoms with Gasteiger partial charge >= 0.3 is 0 Å². The normalized spacial score (nSPS) is 46.2. The fourth-order valence-corrected chi connectivity index (χ4v) is 9.33. The first-order chi connectivity index (χ1) is 8.27. The van der Waals surface area contributed by atoms with Crippen LogP contribution >= 0.6 is 8.07 Å². The molecule has 3 fully saturated rings. The Morgan fingerprint density at radius 2 is 1.82 bits per heavy atom. The molecule has 3 heterocycles. The largest absolute Gasteiger partial charge is 0.278 e. The molecule has 2 heteroatoms. The summed E-state index contributed by atoms with van der Waals surface area (Å²) in [5, 5.41) is 0. The summed E-state index contributed by atoms with van der Waals surface area (Å²) in [5.74, 6) is 1.05. The fourth-order valence-electron chi connectivity index (χ4n) is 4.92. The van der Waals surface area contributed by atoms with E-state index in [0.29, 0.717) is 0 Å². The Labute approximate surface area is 106 Å². The van der Waals surface area contributed by atoms with Gasteiger partial charge < -0.3 is 0 Å². The minimum absolute atomic E-state index is 0.214. The van der Waals surface area contributed by atoms with Crippen molar-refractivity contribution in [3.63, 3.8) is 0 Å². The van der Waals surface area contributed by atoms with E-state index in [-0.39, 0.29) is 8.07 Å². The molecule has 1 nitrogen and oxygen atoms in total. The monoisotopic (exact) mass is 249 g/mol. The van der Waals surface area contributed by atoms with Crippen LogP contribution in [0.25, 0.3) is 0 Å². The van der Waals surface area contributed by atoms with Crippen molar-refractivity contribution in [2.24, 2.45) is 5.92 Å². The molecule has 1 unspecified atom stereocenters. The van der Waals surface area contributed by atoms with Gasteiger partial charge in [0.25, 0.3) is 0 Å². The van der Waals surface area contributed by atoms with Gasteiger partial charge in [-0.05, 0) is 47.1 Å². The van der Waals surface area contributed by atoms with Gasteiger partial charge in [0.15, 0.2) is 0 Å². The summed E-state index contributed by atoms with van der Waals surface area (Å²) in [5.41, 5.74) is 5.63. The van der Waals surface area contributed by atoms with E-state index in [1.165, 1.54) is 38.6 Å². The Balaban J connectivity index is 1.59. The van der Waals surface area contributed by atoms with Crippen LogP contribution in [0, 0.1) is 5.92 Å². The molecule has 4 rings (SSSR count). The molecule has 0 aromatic carbocycles. The lowest BCUT2D eigenvalue weighted by atomic mass is 9.84. The second-order valence-corrected chi connectivity index (χ2v) is 9.07. The van der Waals surface area contributed by atoms with Crippen LogP contribution in [-0.2, 0) is 0 Å². The predicted molar refractivity (Wildman–Crippen MR) is 74.6 cm³/mol. The lowest BCUT2D eigenvalue weighted by Gasteiger charge is -2.40. The van der Waals surface area contributed by atoms with Crippen molar-refractivity contribution in [1.29, 1.82) is 0 Å². The molecule has 2 saturated heterocycles. The van der Waals surface area contributed by atoms with Crippen LogP contribution in [0.15, 0.2) is 11.1 Å². The maximum atomic E-state index is 3.01. The van der Waals surface area contributed by atoms with Gasteiger partial charge in [-0.3, -0.25) is 4.67 Å². The van der Waals surface area contributed by atoms with Crippen LogP contribution in [0.5, 0.6) is 0 Å². The first-order valence-corrected chi connectivity index (χ1v) is 8.93. The number of hydrogen-bond acceptors (Lipinski definition) is 1. The van der Waals surface area contributed by atoms with E-state index in [1.807, 2.05) is 0 Å². The summed E-state index contributed by atoms with van der Waals surface area (Å²) in [6, 6.07) is 0.976. The van der Waals surface area contributed by atoms with E-state index in [9.17, 15) is 0 Å². The molecule has 0 amide bonds. The van der Waals surface area contributed by atoms with Crippen LogP contribution in [0.2, 0.25) is 0 Å². The average molecular weight is 249 g/mol. The van der Waals surface area contributed by atoms with Crippen LogP contribution < -0.4 is 0 Å². The summed E-state index contributed by atoms with van der Waals surface area (Å²) in [7, 11) is 0.214. The molecular weight excluding hydrogens is 225 g/mol. The van der Waals surface area contributed by atoms with Crippen molar-refractivity contribution in [3.05, 3.63) is 11.1 Å². The maximum absolute atomic E-state index is 3.01. The SMILES string of the molecule is CC1=C(C)[C@H]2[C@H]3C[C@@H]1P2N(C1CCCCC1)C3. The van der Waals surface area contributed by atoms with Crippen molar-refractivity contribution in [3.8, 4) is 0 Å². The average Bonchev–Trinajstić information content (AvgIpc) is 2.98. The number of hydrogen-bond donors (Lipinski definition) is 0. The van der Waals surface area contributed by atoms with Gasteiger partial charge in [0, 0.05) is 23.9 Å². The Kier molecular flexibility index (Phi) is 2.47. The number of nitrogens with zero attached hydrogens (tertiary/aromatic N) is 1. The highest BCUT2D eigenvalue weighted by Gasteiger charge is 2.58. The minimum atomic E-state index is 0.214. The molecule has 3 aliphatic heterocycles. The molecule has 1 saturated carbocycles. The molecule has 0 N–H and O–H groups in total. The van der Waals surface area contributed by atoms with Crippen molar-refractivity contribution in [2.75, 3.05) is 6.54 Å². The van der Waals surface area contributed by atoms with Gasteiger partial charge in [-0.1, -0.05) is 30.4 Å². The minimum Gasteiger partial charge on any atom is -0.278 e. The molecule has 4 bridgehead atoms. The number of rotatable bonds is 1. The van der Waals surface area contributed by atoms with Crippen molar-refractivity contribution < 1.29 is 0 Å². The Hall–Kier alpha value is 0.130. The van der Waals surface area contributed by atoms with Gasteiger partial charge in [-0.25, -0.2) is 0 Å². The highest BCUT2D eigenvalue weighted by Crippen LogP contribution is 2.74. The van der Waals surface area contributed by atoms with Crippen molar-refractivity contribution in [1.82, 2.24) is 4.67 Å².